The Labute approximate surface area is 185 Å². The Hall–Kier alpha value is -2.20. The largest absolute Gasteiger partial charge is 0.465 e. The first kappa shape index (κ1) is 23.5. The maximum Gasteiger partial charge on any atom is 0.405 e. The van der Waals surface area contributed by atoms with Gasteiger partial charge in [0.1, 0.15) is 5.82 Å². The predicted octanol–water partition coefficient (Wildman–Crippen LogP) is 3.80. The summed E-state index contributed by atoms with van der Waals surface area (Å²) in [7, 11) is -3.71. The van der Waals surface area contributed by atoms with Crippen LogP contribution < -0.4 is 5.32 Å². The molecule has 1 saturated heterocycles. The van der Waals surface area contributed by atoms with E-state index in [2.05, 4.69) is 5.32 Å². The monoisotopic (exact) mass is 470 g/mol. The van der Waals surface area contributed by atoms with E-state index in [1.165, 1.54) is 16.4 Å². The molecule has 31 heavy (non-hydrogen) atoms. The molecule has 0 bridgehead atoms. The number of benzene rings is 2. The molecule has 0 saturated carbocycles. The number of halogens is 2. The van der Waals surface area contributed by atoms with Crippen molar-refractivity contribution in [2.24, 2.45) is 0 Å². The van der Waals surface area contributed by atoms with Crippen LogP contribution in [0.2, 0.25) is 5.02 Å². The van der Waals surface area contributed by atoms with Gasteiger partial charge in [-0.3, -0.25) is 0 Å². The number of hydrogen-bond acceptors (Lipinski definition) is 4. The molecule has 2 aromatic carbocycles. The van der Waals surface area contributed by atoms with Gasteiger partial charge in [-0.25, -0.2) is 21.9 Å². The zero-order chi connectivity index (χ0) is 22.4. The van der Waals surface area contributed by atoms with E-state index in [0.29, 0.717) is 18.4 Å². The summed E-state index contributed by atoms with van der Waals surface area (Å²) in [5.74, 6) is -0.815. The van der Waals surface area contributed by atoms with Crippen LogP contribution in [0, 0.1) is 5.82 Å². The summed E-state index contributed by atoms with van der Waals surface area (Å²) in [5.41, 5.74) is 0.859. The van der Waals surface area contributed by atoms with Crippen molar-refractivity contribution in [2.45, 2.75) is 31.6 Å². The summed E-state index contributed by atoms with van der Waals surface area (Å²) in [4.78, 5) is 11.2. The van der Waals surface area contributed by atoms with Gasteiger partial charge in [-0.1, -0.05) is 48.0 Å². The molecule has 0 spiro atoms. The Morgan fingerprint density at radius 3 is 2.48 bits per heavy atom. The van der Waals surface area contributed by atoms with Crippen molar-refractivity contribution in [3.05, 3.63) is 70.5 Å². The van der Waals surface area contributed by atoms with E-state index in [4.69, 9.17) is 21.4 Å². The van der Waals surface area contributed by atoms with Crippen molar-refractivity contribution in [2.75, 3.05) is 18.8 Å². The second kappa shape index (κ2) is 10.4. The molecule has 0 radical (unpaired) electrons. The number of carbonyl (C=O) groups is 1. The first-order chi connectivity index (χ1) is 14.8. The first-order valence-electron chi connectivity index (χ1n) is 9.83. The number of nitrogens with one attached hydrogen (secondary N) is 1. The molecule has 0 aliphatic carbocycles. The van der Waals surface area contributed by atoms with Gasteiger partial charge in [0.05, 0.1) is 24.5 Å². The minimum atomic E-state index is -3.71. The van der Waals surface area contributed by atoms with Crippen LogP contribution in [0.15, 0.2) is 48.5 Å². The van der Waals surface area contributed by atoms with Crippen LogP contribution in [0.25, 0.3) is 0 Å². The van der Waals surface area contributed by atoms with Crippen molar-refractivity contribution in [3.8, 4) is 0 Å². The normalized spacial score (nSPS) is 16.7. The second-order valence-electron chi connectivity index (χ2n) is 7.30. The third kappa shape index (κ3) is 6.39. The Bertz CT molecular complexity index is 978. The molecule has 1 aliphatic rings. The highest BCUT2D eigenvalue weighted by molar-refractivity contribution is 7.89. The van der Waals surface area contributed by atoms with Crippen LogP contribution in [0.3, 0.4) is 0 Å². The molecule has 7 nitrogen and oxygen atoms in total. The molecule has 3 rings (SSSR count). The number of hydrogen-bond donors (Lipinski definition) is 2. The van der Waals surface area contributed by atoms with Crippen LogP contribution in [0.5, 0.6) is 0 Å². The minimum absolute atomic E-state index is 0.0154. The number of rotatable bonds is 8. The van der Waals surface area contributed by atoms with Gasteiger partial charge in [0.25, 0.3) is 0 Å². The molecular formula is C21H24ClFN2O5S. The van der Waals surface area contributed by atoms with Gasteiger partial charge in [-0.05, 0) is 30.5 Å². The lowest BCUT2D eigenvalue weighted by atomic mass is 10.1. The fraction of sp³-hybridized carbons (Fsp3) is 0.381. The van der Waals surface area contributed by atoms with Crippen molar-refractivity contribution < 1.29 is 27.4 Å². The van der Waals surface area contributed by atoms with Crippen LogP contribution in [-0.2, 0) is 21.4 Å². The van der Waals surface area contributed by atoms with Gasteiger partial charge >= 0.3 is 6.09 Å². The highest BCUT2D eigenvalue weighted by atomic mass is 35.5. The molecule has 2 aromatic rings. The van der Waals surface area contributed by atoms with Gasteiger partial charge in [-0.15, -0.1) is 0 Å². The zero-order valence-corrected chi connectivity index (χ0v) is 18.3. The molecule has 1 aliphatic heterocycles. The van der Waals surface area contributed by atoms with Crippen LogP contribution in [0.4, 0.5) is 9.18 Å². The second-order valence-corrected chi connectivity index (χ2v) is 9.72. The van der Waals surface area contributed by atoms with Gasteiger partial charge in [0.15, 0.2) is 0 Å². The third-order valence-electron chi connectivity index (χ3n) is 5.20. The Balaban J connectivity index is 1.58. The zero-order valence-electron chi connectivity index (χ0n) is 16.7. The summed E-state index contributed by atoms with van der Waals surface area (Å²) < 4.78 is 46.8. The van der Waals surface area contributed by atoms with Crippen molar-refractivity contribution in [1.29, 1.82) is 0 Å². The topological polar surface area (TPSA) is 95.9 Å². The summed E-state index contributed by atoms with van der Waals surface area (Å²) in [6.45, 7) is 0.501. The fourth-order valence-corrected chi connectivity index (χ4v) is 5.41. The summed E-state index contributed by atoms with van der Waals surface area (Å²) in [6.07, 6.45) is -0.603. The van der Waals surface area contributed by atoms with E-state index >= 15 is 0 Å². The molecular weight excluding hydrogens is 447 g/mol. The molecule has 1 heterocycles. The maximum atomic E-state index is 13.9. The number of piperidine rings is 1. The van der Waals surface area contributed by atoms with Crippen LogP contribution >= 0.6 is 11.6 Å². The van der Waals surface area contributed by atoms with E-state index in [1.807, 2.05) is 0 Å². The molecule has 2 N–H and O–H groups in total. The average Bonchev–Trinajstić information content (AvgIpc) is 2.73. The Morgan fingerprint density at radius 1 is 1.19 bits per heavy atom. The Kier molecular flexibility index (Phi) is 7.88. The summed E-state index contributed by atoms with van der Waals surface area (Å²) in [6, 6.07) is 12.1. The van der Waals surface area contributed by atoms with E-state index in [0.717, 1.165) is 0 Å². The van der Waals surface area contributed by atoms with E-state index in [9.17, 15) is 17.6 Å². The number of carboxylic acid groups (broad SMARTS) is 1. The van der Waals surface area contributed by atoms with Crippen LogP contribution in [-0.4, -0.2) is 48.9 Å². The van der Waals surface area contributed by atoms with Crippen LogP contribution in [0.1, 0.15) is 30.0 Å². The standard InChI is InChI=1S/C21H24ClFN2O5S/c22-18-7-4-8-19(23)17(18)13-30-16-9-11-25(12-10-16)31(28,29)14-20(24-21(26)27)15-5-2-1-3-6-15/h1-8,16,20,24H,9-14H2,(H,26,27)/t20-/m0/s1. The van der Waals surface area contributed by atoms with Crippen molar-refractivity contribution >= 4 is 27.7 Å². The van der Waals surface area contributed by atoms with Crippen molar-refractivity contribution in [3.63, 3.8) is 0 Å². The summed E-state index contributed by atoms with van der Waals surface area (Å²) >= 11 is 6.01. The van der Waals surface area contributed by atoms with Crippen molar-refractivity contribution in [1.82, 2.24) is 9.62 Å². The van der Waals surface area contributed by atoms with E-state index in [1.54, 1.807) is 36.4 Å². The molecule has 1 atom stereocenters. The number of ether oxygens (including phenoxy) is 1. The molecule has 0 unspecified atom stereocenters. The number of sulfonamides is 1. The molecule has 0 aromatic heterocycles. The average molecular weight is 471 g/mol. The smallest absolute Gasteiger partial charge is 0.405 e. The van der Waals surface area contributed by atoms with E-state index < -0.39 is 28.0 Å². The quantitative estimate of drug-likeness (QED) is 0.611. The third-order valence-corrected chi connectivity index (χ3v) is 7.46. The Morgan fingerprint density at radius 2 is 1.87 bits per heavy atom. The minimum Gasteiger partial charge on any atom is -0.465 e. The maximum absolute atomic E-state index is 13.9. The number of amides is 1. The number of nitrogens with zero attached hydrogens (tertiary/aromatic N) is 1. The lowest BCUT2D eigenvalue weighted by molar-refractivity contribution is 0.00905. The van der Waals surface area contributed by atoms with Gasteiger partial charge in [0, 0.05) is 23.7 Å². The highest BCUT2D eigenvalue weighted by Crippen LogP contribution is 2.24. The van der Waals surface area contributed by atoms with E-state index in [-0.39, 0.29) is 42.1 Å². The van der Waals surface area contributed by atoms with Gasteiger partial charge in [-0.2, -0.15) is 0 Å². The lowest BCUT2D eigenvalue weighted by Crippen LogP contribution is -2.44. The first-order valence-corrected chi connectivity index (χ1v) is 11.8. The van der Waals surface area contributed by atoms with Gasteiger partial charge < -0.3 is 15.2 Å². The molecule has 1 amide bonds. The molecule has 168 valence electrons. The highest BCUT2D eigenvalue weighted by Gasteiger charge is 2.31. The molecule has 10 heteroatoms. The van der Waals surface area contributed by atoms with Gasteiger partial charge in [0.2, 0.25) is 10.0 Å². The molecule has 1 fully saturated rings. The lowest BCUT2D eigenvalue weighted by Gasteiger charge is -2.32. The SMILES string of the molecule is O=C(O)N[C@@H](CS(=O)(=O)N1CCC(OCc2c(F)cccc2Cl)CC1)c1ccccc1. The predicted molar refractivity (Wildman–Crippen MR) is 115 cm³/mol. The fourth-order valence-electron chi connectivity index (χ4n) is 3.52. The summed E-state index contributed by atoms with van der Waals surface area (Å²) in [5, 5.41) is 11.7.